The molecule has 2 rings (SSSR count). The molecule has 1 aromatic rings. The van der Waals surface area contributed by atoms with Crippen molar-refractivity contribution in [3.63, 3.8) is 0 Å². The summed E-state index contributed by atoms with van der Waals surface area (Å²) in [5, 5.41) is 4.41. The molecule has 20 heavy (non-hydrogen) atoms. The van der Waals surface area contributed by atoms with Gasteiger partial charge in [-0.2, -0.15) is 5.10 Å². The number of aromatic nitrogens is 2. The average molecular weight is 345 g/mol. The first-order valence-corrected chi connectivity index (χ1v) is 7.93. The first-order chi connectivity index (χ1) is 9.58. The van der Waals surface area contributed by atoms with Gasteiger partial charge in [0.15, 0.2) is 0 Å². The number of aryl methyl sites for hydroxylation is 1. The maximum atomic E-state index is 5.89. The maximum absolute atomic E-state index is 5.89. The standard InChI is InChI=1S/C13H25BrN6/c1-4-20-13(10(14)8-16-20)12(17-15)11-9-18(2)6-5-7-19(11)3/h8,11-12,17H,4-7,9,15H2,1-3H3. The highest BCUT2D eigenvalue weighted by Gasteiger charge is 2.32. The van der Waals surface area contributed by atoms with Gasteiger partial charge in [-0.05, 0) is 56.5 Å². The summed E-state index contributed by atoms with van der Waals surface area (Å²) in [5.74, 6) is 5.89. The number of rotatable bonds is 4. The second-order valence-electron chi connectivity index (χ2n) is 5.50. The van der Waals surface area contributed by atoms with Crippen LogP contribution in [-0.4, -0.2) is 59.4 Å². The van der Waals surface area contributed by atoms with Gasteiger partial charge in [0.05, 0.1) is 22.4 Å². The number of likely N-dealkylation sites (N-methyl/N-ethyl adjacent to an activating group) is 2. The lowest BCUT2D eigenvalue weighted by molar-refractivity contribution is 0.173. The van der Waals surface area contributed by atoms with E-state index >= 15 is 0 Å². The third-order valence-electron chi connectivity index (χ3n) is 4.11. The van der Waals surface area contributed by atoms with Crippen LogP contribution in [0.4, 0.5) is 0 Å². The minimum absolute atomic E-state index is 0.0531. The van der Waals surface area contributed by atoms with E-state index in [4.69, 9.17) is 5.84 Å². The van der Waals surface area contributed by atoms with Crippen molar-refractivity contribution < 1.29 is 0 Å². The molecule has 0 spiro atoms. The fourth-order valence-electron chi connectivity index (χ4n) is 2.97. The third kappa shape index (κ3) is 3.23. The van der Waals surface area contributed by atoms with Crippen molar-refractivity contribution in [3.05, 3.63) is 16.4 Å². The molecular weight excluding hydrogens is 320 g/mol. The van der Waals surface area contributed by atoms with Crippen LogP contribution in [0.25, 0.3) is 0 Å². The second kappa shape index (κ2) is 7.00. The van der Waals surface area contributed by atoms with Crippen LogP contribution < -0.4 is 11.3 Å². The van der Waals surface area contributed by atoms with E-state index in [0.29, 0.717) is 6.04 Å². The monoisotopic (exact) mass is 344 g/mol. The predicted octanol–water partition coefficient (Wildman–Crippen LogP) is 0.806. The summed E-state index contributed by atoms with van der Waals surface area (Å²) >= 11 is 3.61. The molecule has 0 amide bonds. The van der Waals surface area contributed by atoms with Gasteiger partial charge in [0.25, 0.3) is 0 Å². The Morgan fingerprint density at radius 3 is 2.90 bits per heavy atom. The second-order valence-corrected chi connectivity index (χ2v) is 6.36. The summed E-state index contributed by atoms with van der Waals surface area (Å²) in [5.41, 5.74) is 4.14. The number of halogens is 1. The largest absolute Gasteiger partial charge is 0.305 e. The van der Waals surface area contributed by atoms with Crippen LogP contribution in [0, 0.1) is 0 Å². The van der Waals surface area contributed by atoms with Crippen LogP contribution in [-0.2, 0) is 6.54 Å². The van der Waals surface area contributed by atoms with Crippen molar-refractivity contribution in [2.75, 3.05) is 33.7 Å². The van der Waals surface area contributed by atoms with Crippen LogP contribution in [0.5, 0.6) is 0 Å². The quantitative estimate of drug-likeness (QED) is 0.625. The van der Waals surface area contributed by atoms with Crippen molar-refractivity contribution in [3.8, 4) is 0 Å². The number of hydrazine groups is 1. The fourth-order valence-corrected chi connectivity index (χ4v) is 3.51. The molecular formula is C13H25BrN6. The molecule has 0 saturated carbocycles. The van der Waals surface area contributed by atoms with Gasteiger partial charge in [0, 0.05) is 19.1 Å². The Balaban J connectivity index is 2.32. The first-order valence-electron chi connectivity index (χ1n) is 7.14. The molecule has 0 bridgehead atoms. The highest BCUT2D eigenvalue weighted by atomic mass is 79.9. The van der Waals surface area contributed by atoms with E-state index in [9.17, 15) is 0 Å². The summed E-state index contributed by atoms with van der Waals surface area (Å²) in [6.07, 6.45) is 3.04. The molecule has 2 atom stereocenters. The van der Waals surface area contributed by atoms with Crippen molar-refractivity contribution in [1.29, 1.82) is 0 Å². The van der Waals surface area contributed by atoms with E-state index in [-0.39, 0.29) is 6.04 Å². The van der Waals surface area contributed by atoms with Gasteiger partial charge < -0.3 is 9.80 Å². The molecule has 0 aliphatic carbocycles. The SMILES string of the molecule is CCn1ncc(Br)c1C(NN)C1CN(C)CCCN1C. The molecule has 1 fully saturated rings. The summed E-state index contributed by atoms with van der Waals surface area (Å²) < 4.78 is 3.02. The minimum atomic E-state index is 0.0531. The lowest BCUT2D eigenvalue weighted by Crippen LogP contribution is -2.49. The Bertz CT molecular complexity index is 434. The van der Waals surface area contributed by atoms with Crippen molar-refractivity contribution >= 4 is 15.9 Å². The van der Waals surface area contributed by atoms with Gasteiger partial charge >= 0.3 is 0 Å². The van der Waals surface area contributed by atoms with Gasteiger partial charge in [0.2, 0.25) is 0 Å². The molecule has 2 unspecified atom stereocenters. The molecule has 1 aromatic heterocycles. The maximum Gasteiger partial charge on any atom is 0.0807 e. The number of nitrogens with zero attached hydrogens (tertiary/aromatic N) is 4. The van der Waals surface area contributed by atoms with E-state index in [1.165, 1.54) is 6.42 Å². The molecule has 6 nitrogen and oxygen atoms in total. The van der Waals surface area contributed by atoms with Gasteiger partial charge in [-0.3, -0.25) is 10.5 Å². The highest BCUT2D eigenvalue weighted by Crippen LogP contribution is 2.28. The molecule has 1 aliphatic heterocycles. The molecule has 2 heterocycles. The summed E-state index contributed by atoms with van der Waals surface area (Å²) in [7, 11) is 4.35. The van der Waals surface area contributed by atoms with Crippen molar-refractivity contribution in [1.82, 2.24) is 25.0 Å². The average Bonchev–Trinajstić information content (AvgIpc) is 2.71. The van der Waals surface area contributed by atoms with E-state index < -0.39 is 0 Å². The van der Waals surface area contributed by atoms with Gasteiger partial charge in [-0.15, -0.1) is 0 Å². The van der Waals surface area contributed by atoms with Crippen LogP contribution >= 0.6 is 15.9 Å². The summed E-state index contributed by atoms with van der Waals surface area (Å²) in [6.45, 7) is 6.15. The van der Waals surface area contributed by atoms with E-state index in [2.05, 4.69) is 57.3 Å². The third-order valence-corrected chi connectivity index (χ3v) is 4.72. The molecule has 1 aliphatic rings. The lowest BCUT2D eigenvalue weighted by atomic mass is 10.0. The van der Waals surface area contributed by atoms with Crippen LogP contribution in [0.3, 0.4) is 0 Å². The number of hydrogen-bond donors (Lipinski definition) is 2. The van der Waals surface area contributed by atoms with Crippen molar-refractivity contribution in [2.24, 2.45) is 5.84 Å². The zero-order chi connectivity index (χ0) is 14.7. The number of hydrogen-bond acceptors (Lipinski definition) is 5. The zero-order valence-corrected chi connectivity index (χ0v) is 14.1. The number of nitrogens with two attached hydrogens (primary N) is 1. The van der Waals surface area contributed by atoms with Crippen LogP contribution in [0.2, 0.25) is 0 Å². The van der Waals surface area contributed by atoms with Gasteiger partial charge in [-0.25, -0.2) is 5.43 Å². The van der Waals surface area contributed by atoms with Gasteiger partial charge in [-0.1, -0.05) is 0 Å². The Kier molecular flexibility index (Phi) is 5.57. The Morgan fingerprint density at radius 2 is 2.25 bits per heavy atom. The zero-order valence-electron chi connectivity index (χ0n) is 12.5. The normalized spacial score (nSPS) is 23.8. The van der Waals surface area contributed by atoms with E-state index in [0.717, 1.165) is 36.3 Å². The Hall–Kier alpha value is -0.470. The fraction of sp³-hybridized carbons (Fsp3) is 0.769. The van der Waals surface area contributed by atoms with Gasteiger partial charge in [0.1, 0.15) is 0 Å². The lowest BCUT2D eigenvalue weighted by Gasteiger charge is -2.34. The number of nitrogens with one attached hydrogen (secondary N) is 1. The predicted molar refractivity (Wildman–Crippen MR) is 84.2 cm³/mol. The van der Waals surface area contributed by atoms with E-state index in [1.807, 2.05) is 10.9 Å². The van der Waals surface area contributed by atoms with Crippen molar-refractivity contribution in [2.45, 2.75) is 32.0 Å². The highest BCUT2D eigenvalue weighted by molar-refractivity contribution is 9.10. The molecule has 3 N–H and O–H groups in total. The smallest absolute Gasteiger partial charge is 0.0807 e. The minimum Gasteiger partial charge on any atom is -0.305 e. The van der Waals surface area contributed by atoms with Crippen LogP contribution in [0.1, 0.15) is 25.1 Å². The molecule has 1 saturated heterocycles. The summed E-state index contributed by atoms with van der Waals surface area (Å²) in [6, 6.07) is 0.378. The Morgan fingerprint density at radius 1 is 1.50 bits per heavy atom. The molecule has 7 heteroatoms. The van der Waals surface area contributed by atoms with Crippen LogP contribution in [0.15, 0.2) is 10.7 Å². The molecule has 0 aromatic carbocycles. The molecule has 0 radical (unpaired) electrons. The first kappa shape index (κ1) is 15.9. The van der Waals surface area contributed by atoms with E-state index in [1.54, 1.807) is 0 Å². The molecule has 114 valence electrons. The summed E-state index contributed by atoms with van der Waals surface area (Å²) in [4.78, 5) is 4.77. The topological polar surface area (TPSA) is 62.4 Å². The Labute approximate surface area is 129 Å².